The molecule has 0 saturated carbocycles. The summed E-state index contributed by atoms with van der Waals surface area (Å²) in [7, 11) is 1.68. The van der Waals surface area contributed by atoms with Crippen LogP contribution < -0.4 is 15.4 Å². The van der Waals surface area contributed by atoms with Crippen molar-refractivity contribution in [2.45, 2.75) is 11.6 Å². The molecule has 3 aliphatic heterocycles. The lowest BCUT2D eigenvalue weighted by Crippen LogP contribution is -2.52. The first-order valence-corrected chi connectivity index (χ1v) is 10.4. The van der Waals surface area contributed by atoms with Gasteiger partial charge in [-0.1, -0.05) is 12.1 Å². The Kier molecular flexibility index (Phi) is 4.13. The zero-order valence-corrected chi connectivity index (χ0v) is 17.4. The predicted octanol–water partition coefficient (Wildman–Crippen LogP) is 3.42. The molecule has 2 aromatic carbocycles. The number of fused-ring (bicyclic) bond motifs is 4. The maximum Gasteiger partial charge on any atom is 0.283 e. The second kappa shape index (κ2) is 6.93. The van der Waals surface area contributed by atoms with Crippen molar-refractivity contribution in [3.8, 4) is 22.6 Å². The van der Waals surface area contributed by atoms with E-state index in [4.69, 9.17) is 19.9 Å². The molecular weight excluding hydrogens is 411 g/mol. The van der Waals surface area contributed by atoms with Gasteiger partial charge in [0.2, 0.25) is 0 Å². The van der Waals surface area contributed by atoms with Gasteiger partial charge in [-0.2, -0.15) is 0 Å². The van der Waals surface area contributed by atoms with Gasteiger partial charge in [-0.15, -0.1) is 0 Å². The highest BCUT2D eigenvalue weighted by Crippen LogP contribution is 2.53. The second-order valence-electron chi connectivity index (χ2n) is 8.22. The van der Waals surface area contributed by atoms with Crippen LogP contribution in [0, 0.1) is 5.82 Å². The number of benzene rings is 2. The molecule has 8 heteroatoms. The lowest BCUT2D eigenvalue weighted by molar-refractivity contribution is 0.0787. The molecule has 7 nitrogen and oxygen atoms in total. The minimum Gasteiger partial charge on any atom is -0.462 e. The fourth-order valence-electron chi connectivity index (χ4n) is 4.59. The number of nitrogens with two attached hydrogens (primary N) is 1. The number of rotatable bonds is 3. The first kappa shape index (κ1) is 19.1. The summed E-state index contributed by atoms with van der Waals surface area (Å²) in [5, 5.41) is 0. The number of nitrogens with zero attached hydrogens (tertiary/aromatic N) is 3. The van der Waals surface area contributed by atoms with E-state index >= 15 is 4.39 Å². The van der Waals surface area contributed by atoms with Gasteiger partial charge in [-0.25, -0.2) is 9.38 Å². The molecule has 3 aromatic rings. The van der Waals surface area contributed by atoms with Gasteiger partial charge in [0.15, 0.2) is 17.1 Å². The molecule has 0 amide bonds. The Morgan fingerprint density at radius 3 is 2.75 bits per heavy atom. The largest absolute Gasteiger partial charge is 0.462 e. The van der Waals surface area contributed by atoms with Crippen LogP contribution in [0.4, 0.5) is 10.1 Å². The van der Waals surface area contributed by atoms with E-state index in [2.05, 4.69) is 14.9 Å². The summed E-state index contributed by atoms with van der Waals surface area (Å²) < 4.78 is 32.3. The summed E-state index contributed by atoms with van der Waals surface area (Å²) in [4.78, 5) is 11.0. The van der Waals surface area contributed by atoms with Crippen molar-refractivity contribution in [1.29, 1.82) is 0 Å². The van der Waals surface area contributed by atoms with E-state index in [1.165, 1.54) is 6.07 Å². The SMILES string of the molecule is COC1CN(c2cc(F)c3c(c2)[C@]2(COC(N)=N2)c2cc(-c4cccnc4)ccc2O3)C1. The molecule has 6 rings (SSSR count). The number of aliphatic imine (C=N–C) groups is 1. The molecule has 162 valence electrons. The standard InChI is InChI=1S/C24H21FN4O3/c1-30-17-11-29(12-17)16-8-19-22(20(25)9-16)32-21-5-4-14(15-3-2-6-27-10-15)7-18(21)24(19)13-31-23(26)28-24/h2-10,17H,11-13H2,1H3,(H2,26,28)/t24-/m0/s1. The second-order valence-corrected chi connectivity index (χ2v) is 8.22. The van der Waals surface area contributed by atoms with E-state index in [1.807, 2.05) is 36.4 Å². The molecule has 1 atom stereocenters. The molecule has 0 unspecified atom stereocenters. The number of methoxy groups -OCH3 is 1. The van der Waals surface area contributed by atoms with Gasteiger partial charge in [-0.3, -0.25) is 4.98 Å². The lowest BCUT2D eigenvalue weighted by atomic mass is 9.80. The van der Waals surface area contributed by atoms with Crippen LogP contribution in [0.5, 0.6) is 11.5 Å². The highest BCUT2D eigenvalue weighted by molar-refractivity contribution is 5.78. The van der Waals surface area contributed by atoms with E-state index in [1.54, 1.807) is 19.5 Å². The van der Waals surface area contributed by atoms with Crippen LogP contribution in [-0.4, -0.2) is 43.9 Å². The van der Waals surface area contributed by atoms with Gasteiger partial charge in [-0.05, 0) is 29.8 Å². The van der Waals surface area contributed by atoms with Crippen LogP contribution in [0.1, 0.15) is 11.1 Å². The molecule has 1 aromatic heterocycles. The van der Waals surface area contributed by atoms with Crippen LogP contribution in [-0.2, 0) is 15.0 Å². The zero-order valence-electron chi connectivity index (χ0n) is 17.4. The maximum atomic E-state index is 15.3. The van der Waals surface area contributed by atoms with Gasteiger partial charge < -0.3 is 24.8 Å². The number of aromatic nitrogens is 1. The predicted molar refractivity (Wildman–Crippen MR) is 118 cm³/mol. The van der Waals surface area contributed by atoms with Crippen LogP contribution in [0.15, 0.2) is 59.9 Å². The van der Waals surface area contributed by atoms with E-state index in [-0.39, 0.29) is 24.5 Å². The first-order valence-electron chi connectivity index (χ1n) is 10.4. The topological polar surface area (TPSA) is 82.2 Å². The third-order valence-electron chi connectivity index (χ3n) is 6.38. The zero-order chi connectivity index (χ0) is 21.9. The molecule has 32 heavy (non-hydrogen) atoms. The molecule has 1 spiro atoms. The highest BCUT2D eigenvalue weighted by atomic mass is 19.1. The molecule has 2 N–H and O–H groups in total. The van der Waals surface area contributed by atoms with Crippen molar-refractivity contribution in [1.82, 2.24) is 4.98 Å². The van der Waals surface area contributed by atoms with Crippen molar-refractivity contribution in [3.05, 3.63) is 71.8 Å². The number of hydrogen-bond acceptors (Lipinski definition) is 7. The van der Waals surface area contributed by atoms with Crippen molar-refractivity contribution in [2.24, 2.45) is 10.7 Å². The Hall–Kier alpha value is -3.65. The fraction of sp³-hybridized carbons (Fsp3) is 0.250. The van der Waals surface area contributed by atoms with Crippen molar-refractivity contribution in [2.75, 3.05) is 31.7 Å². The number of halogens is 1. The van der Waals surface area contributed by atoms with Gasteiger partial charge >= 0.3 is 0 Å². The molecule has 0 bridgehead atoms. The first-order chi connectivity index (χ1) is 15.6. The van der Waals surface area contributed by atoms with E-state index in [0.717, 1.165) is 22.4 Å². The maximum absolute atomic E-state index is 15.3. The lowest BCUT2D eigenvalue weighted by Gasteiger charge is -2.41. The number of anilines is 1. The summed E-state index contributed by atoms with van der Waals surface area (Å²) in [5.74, 6) is 0.240. The van der Waals surface area contributed by atoms with Gasteiger partial charge in [0, 0.05) is 61.0 Å². The summed E-state index contributed by atoms with van der Waals surface area (Å²) in [6.45, 7) is 1.57. The molecule has 3 aliphatic rings. The van der Waals surface area contributed by atoms with Gasteiger partial charge in [0.1, 0.15) is 12.4 Å². The Labute approximate surface area is 184 Å². The number of hydrogen-bond donors (Lipinski definition) is 1. The normalized spacial score (nSPS) is 21.3. The Bertz CT molecular complexity index is 1240. The monoisotopic (exact) mass is 432 g/mol. The minimum absolute atomic E-state index is 0.0739. The molecule has 1 saturated heterocycles. The smallest absolute Gasteiger partial charge is 0.283 e. The summed E-state index contributed by atoms with van der Waals surface area (Å²) in [5.41, 5.74) is 9.02. The number of ether oxygens (including phenoxy) is 3. The average molecular weight is 432 g/mol. The molecule has 4 heterocycles. The molecular formula is C24H21FN4O3. The quantitative estimate of drug-likeness (QED) is 0.683. The van der Waals surface area contributed by atoms with E-state index < -0.39 is 11.4 Å². The van der Waals surface area contributed by atoms with Crippen LogP contribution >= 0.6 is 0 Å². The van der Waals surface area contributed by atoms with Crippen LogP contribution in [0.3, 0.4) is 0 Å². The van der Waals surface area contributed by atoms with Crippen molar-refractivity contribution < 1.29 is 18.6 Å². The third kappa shape index (κ3) is 2.76. The van der Waals surface area contributed by atoms with Crippen LogP contribution in [0.25, 0.3) is 11.1 Å². The average Bonchev–Trinajstić information content (AvgIpc) is 3.17. The minimum atomic E-state index is -0.992. The molecule has 1 fully saturated rings. The van der Waals surface area contributed by atoms with E-state index in [9.17, 15) is 0 Å². The summed E-state index contributed by atoms with van der Waals surface area (Å²) in [6, 6.07) is 13.1. The molecule has 0 aliphatic carbocycles. The van der Waals surface area contributed by atoms with Crippen LogP contribution in [0.2, 0.25) is 0 Å². The Morgan fingerprint density at radius 1 is 1.16 bits per heavy atom. The van der Waals surface area contributed by atoms with Gasteiger partial charge in [0.25, 0.3) is 6.02 Å². The van der Waals surface area contributed by atoms with E-state index in [0.29, 0.717) is 24.4 Å². The molecule has 0 radical (unpaired) electrons. The van der Waals surface area contributed by atoms with Crippen molar-refractivity contribution in [3.63, 3.8) is 0 Å². The van der Waals surface area contributed by atoms with Gasteiger partial charge in [0.05, 0.1) is 6.10 Å². The van der Waals surface area contributed by atoms with Crippen molar-refractivity contribution >= 4 is 11.7 Å². The summed E-state index contributed by atoms with van der Waals surface area (Å²) >= 11 is 0. The highest BCUT2D eigenvalue weighted by Gasteiger charge is 2.48. The fourth-order valence-corrected chi connectivity index (χ4v) is 4.59. The third-order valence-corrected chi connectivity index (χ3v) is 6.38. The Morgan fingerprint density at radius 2 is 2.03 bits per heavy atom. The Balaban J connectivity index is 1.51. The number of amidine groups is 1. The summed E-state index contributed by atoms with van der Waals surface area (Å²) in [6.07, 6.45) is 3.67. The number of pyridine rings is 1.